The molecule has 0 aromatic rings. The topological polar surface area (TPSA) is 20.2 Å². The summed E-state index contributed by atoms with van der Waals surface area (Å²) in [4.78, 5) is 0. The van der Waals surface area contributed by atoms with Gasteiger partial charge in [0, 0.05) is 0 Å². The second kappa shape index (κ2) is 2.54. The first-order valence-corrected chi connectivity index (χ1v) is 4.56. The van der Waals surface area contributed by atoms with Crippen molar-refractivity contribution in [3.8, 4) is 0 Å². The minimum atomic E-state index is 0.0567. The van der Waals surface area contributed by atoms with Gasteiger partial charge in [-0.3, -0.25) is 0 Å². The van der Waals surface area contributed by atoms with Gasteiger partial charge in [0.05, 0.1) is 6.10 Å². The highest BCUT2D eigenvalue weighted by Crippen LogP contribution is 2.41. The molecule has 0 amide bonds. The van der Waals surface area contributed by atoms with Crippen molar-refractivity contribution in [3.63, 3.8) is 0 Å². The minimum Gasteiger partial charge on any atom is -0.393 e. The van der Waals surface area contributed by atoms with Crippen LogP contribution in [0, 0.1) is 11.8 Å². The van der Waals surface area contributed by atoms with Crippen LogP contribution in [0.4, 0.5) is 0 Å². The van der Waals surface area contributed by atoms with Gasteiger partial charge in [-0.05, 0) is 31.1 Å². The van der Waals surface area contributed by atoms with E-state index >= 15 is 0 Å². The van der Waals surface area contributed by atoms with Gasteiger partial charge in [0.25, 0.3) is 0 Å². The van der Waals surface area contributed by atoms with Crippen LogP contribution in [-0.2, 0) is 0 Å². The number of hydrogen-bond acceptors (Lipinski definition) is 1. The van der Waals surface area contributed by atoms with Crippen LogP contribution in [0.5, 0.6) is 0 Å². The number of aliphatic hydroxyl groups is 1. The van der Waals surface area contributed by atoms with E-state index in [2.05, 4.69) is 0 Å². The van der Waals surface area contributed by atoms with Crippen molar-refractivity contribution in [2.75, 3.05) is 0 Å². The summed E-state index contributed by atoms with van der Waals surface area (Å²) in [5.41, 5.74) is 0. The highest BCUT2D eigenvalue weighted by Gasteiger charge is 2.35. The Morgan fingerprint density at radius 3 is 2.30 bits per heavy atom. The SMILES string of the molecule is O[C@@H]1CCC[C@H]2CCC[C@H]21. The number of rotatable bonds is 0. The van der Waals surface area contributed by atoms with Crippen LogP contribution >= 0.6 is 0 Å². The molecular weight excluding hydrogens is 124 g/mol. The zero-order valence-corrected chi connectivity index (χ0v) is 6.42. The van der Waals surface area contributed by atoms with Gasteiger partial charge in [-0.25, -0.2) is 0 Å². The van der Waals surface area contributed by atoms with Crippen LogP contribution in [-0.4, -0.2) is 11.2 Å². The van der Waals surface area contributed by atoms with E-state index in [-0.39, 0.29) is 6.10 Å². The summed E-state index contributed by atoms with van der Waals surface area (Å²) in [6, 6.07) is 0. The Labute approximate surface area is 62.4 Å². The van der Waals surface area contributed by atoms with Crippen molar-refractivity contribution in [1.29, 1.82) is 0 Å². The fraction of sp³-hybridized carbons (Fsp3) is 1.00. The van der Waals surface area contributed by atoms with Crippen LogP contribution in [0.2, 0.25) is 0 Å². The van der Waals surface area contributed by atoms with Crippen LogP contribution in [0.15, 0.2) is 0 Å². The lowest BCUT2D eigenvalue weighted by atomic mass is 9.80. The average molecular weight is 140 g/mol. The van der Waals surface area contributed by atoms with Gasteiger partial charge in [0.1, 0.15) is 0 Å². The summed E-state index contributed by atoms with van der Waals surface area (Å²) < 4.78 is 0. The van der Waals surface area contributed by atoms with E-state index < -0.39 is 0 Å². The Kier molecular flexibility index (Phi) is 1.69. The molecule has 0 unspecified atom stereocenters. The van der Waals surface area contributed by atoms with Gasteiger partial charge >= 0.3 is 0 Å². The fourth-order valence-corrected chi connectivity index (χ4v) is 2.73. The number of fused-ring (bicyclic) bond motifs is 1. The van der Waals surface area contributed by atoms with Gasteiger partial charge < -0.3 is 5.11 Å². The van der Waals surface area contributed by atoms with Gasteiger partial charge in [0.15, 0.2) is 0 Å². The standard InChI is InChI=1S/C9H16O/c10-9-6-2-4-7-3-1-5-8(7)9/h7-10H,1-6H2/t7-,8-,9-/m1/s1. The van der Waals surface area contributed by atoms with E-state index in [1.165, 1.54) is 32.1 Å². The van der Waals surface area contributed by atoms with E-state index in [4.69, 9.17) is 0 Å². The third kappa shape index (κ3) is 0.968. The van der Waals surface area contributed by atoms with Crippen LogP contribution in [0.3, 0.4) is 0 Å². The van der Waals surface area contributed by atoms with Gasteiger partial charge in [0.2, 0.25) is 0 Å². The van der Waals surface area contributed by atoms with Gasteiger partial charge in [-0.15, -0.1) is 0 Å². The Bertz CT molecular complexity index is 122. The van der Waals surface area contributed by atoms with E-state index in [0.717, 1.165) is 12.3 Å². The molecule has 0 heterocycles. The average Bonchev–Trinajstić information content (AvgIpc) is 2.36. The molecular formula is C9H16O. The number of hydrogen-bond donors (Lipinski definition) is 1. The molecule has 0 radical (unpaired) electrons. The second-order valence-electron chi connectivity index (χ2n) is 3.85. The van der Waals surface area contributed by atoms with Crippen LogP contribution in [0.25, 0.3) is 0 Å². The Hall–Kier alpha value is -0.0400. The summed E-state index contributed by atoms with van der Waals surface area (Å²) in [5.74, 6) is 1.58. The van der Waals surface area contributed by atoms with E-state index in [9.17, 15) is 5.11 Å². The van der Waals surface area contributed by atoms with Crippen molar-refractivity contribution < 1.29 is 5.11 Å². The second-order valence-corrected chi connectivity index (χ2v) is 3.85. The quantitative estimate of drug-likeness (QED) is 0.545. The first-order valence-electron chi connectivity index (χ1n) is 4.56. The molecule has 0 aliphatic heterocycles. The third-order valence-corrected chi connectivity index (χ3v) is 3.29. The van der Waals surface area contributed by atoms with Crippen molar-refractivity contribution >= 4 is 0 Å². The largest absolute Gasteiger partial charge is 0.393 e. The molecule has 2 aliphatic carbocycles. The lowest BCUT2D eigenvalue weighted by Gasteiger charge is -2.29. The molecule has 1 heteroatoms. The molecule has 1 N–H and O–H groups in total. The van der Waals surface area contributed by atoms with Crippen LogP contribution in [0.1, 0.15) is 38.5 Å². The smallest absolute Gasteiger partial charge is 0.0571 e. The molecule has 1 nitrogen and oxygen atoms in total. The molecule has 2 aliphatic rings. The maximum atomic E-state index is 9.58. The first kappa shape index (κ1) is 6.66. The van der Waals surface area contributed by atoms with Crippen LogP contribution < -0.4 is 0 Å². The fourth-order valence-electron chi connectivity index (χ4n) is 2.73. The third-order valence-electron chi connectivity index (χ3n) is 3.29. The van der Waals surface area contributed by atoms with Crippen molar-refractivity contribution in [2.45, 2.75) is 44.6 Å². The molecule has 0 bridgehead atoms. The molecule has 10 heavy (non-hydrogen) atoms. The maximum Gasteiger partial charge on any atom is 0.0571 e. The summed E-state index contributed by atoms with van der Waals surface area (Å²) >= 11 is 0. The zero-order chi connectivity index (χ0) is 6.97. The summed E-state index contributed by atoms with van der Waals surface area (Å²) in [7, 11) is 0. The van der Waals surface area contributed by atoms with Crippen molar-refractivity contribution in [2.24, 2.45) is 11.8 Å². The lowest BCUT2D eigenvalue weighted by Crippen LogP contribution is -2.28. The van der Waals surface area contributed by atoms with Crippen molar-refractivity contribution in [3.05, 3.63) is 0 Å². The lowest BCUT2D eigenvalue weighted by molar-refractivity contribution is 0.0477. The molecule has 0 spiro atoms. The summed E-state index contributed by atoms with van der Waals surface area (Å²) in [5, 5.41) is 9.58. The molecule has 2 saturated carbocycles. The Balaban J connectivity index is 2.03. The molecule has 0 saturated heterocycles. The van der Waals surface area contributed by atoms with Gasteiger partial charge in [-0.2, -0.15) is 0 Å². The Morgan fingerprint density at radius 2 is 1.60 bits per heavy atom. The molecule has 2 fully saturated rings. The molecule has 0 aromatic carbocycles. The van der Waals surface area contributed by atoms with E-state index in [1.54, 1.807) is 0 Å². The summed E-state index contributed by atoms with van der Waals surface area (Å²) in [6.45, 7) is 0. The zero-order valence-electron chi connectivity index (χ0n) is 6.42. The van der Waals surface area contributed by atoms with E-state index in [0.29, 0.717) is 5.92 Å². The molecule has 3 atom stereocenters. The van der Waals surface area contributed by atoms with E-state index in [1.807, 2.05) is 0 Å². The normalized spacial score (nSPS) is 47.1. The first-order chi connectivity index (χ1) is 4.88. The predicted octanol–water partition coefficient (Wildman–Crippen LogP) is 1.95. The van der Waals surface area contributed by atoms with Gasteiger partial charge in [-0.1, -0.05) is 19.3 Å². The summed E-state index contributed by atoms with van der Waals surface area (Å²) in [6.07, 6.45) is 7.84. The monoisotopic (exact) mass is 140 g/mol. The Morgan fingerprint density at radius 1 is 0.900 bits per heavy atom. The molecule has 0 aromatic heterocycles. The highest BCUT2D eigenvalue weighted by atomic mass is 16.3. The van der Waals surface area contributed by atoms with Crippen molar-refractivity contribution in [1.82, 2.24) is 0 Å². The predicted molar refractivity (Wildman–Crippen MR) is 40.7 cm³/mol. The number of aliphatic hydroxyl groups excluding tert-OH is 1. The molecule has 2 rings (SSSR count). The maximum absolute atomic E-state index is 9.58. The minimum absolute atomic E-state index is 0.0567. The highest BCUT2D eigenvalue weighted by molar-refractivity contribution is 4.86. The molecule has 58 valence electrons.